The number of aryl methyl sites for hydroxylation is 2. The second-order valence-electron chi connectivity index (χ2n) is 5.41. The van der Waals surface area contributed by atoms with Gasteiger partial charge in [-0.2, -0.15) is 5.10 Å². The van der Waals surface area contributed by atoms with Gasteiger partial charge in [0.15, 0.2) is 5.43 Å². The van der Waals surface area contributed by atoms with Gasteiger partial charge in [-0.1, -0.05) is 6.92 Å². The van der Waals surface area contributed by atoms with E-state index in [-0.39, 0.29) is 10.3 Å². The van der Waals surface area contributed by atoms with Crippen molar-refractivity contribution in [2.75, 3.05) is 4.72 Å². The third kappa shape index (κ3) is 3.05. The second-order valence-corrected chi connectivity index (χ2v) is 7.09. The van der Waals surface area contributed by atoms with E-state index in [1.165, 1.54) is 29.2 Å². The van der Waals surface area contributed by atoms with Gasteiger partial charge in [0.25, 0.3) is 10.0 Å². The normalized spacial score (nSPS) is 11.8. The molecule has 0 aliphatic heterocycles. The monoisotopic (exact) mass is 346 g/mol. The minimum atomic E-state index is -3.74. The summed E-state index contributed by atoms with van der Waals surface area (Å²) in [6.07, 6.45) is 3.48. The van der Waals surface area contributed by atoms with E-state index in [2.05, 4.69) is 14.8 Å². The predicted octanol–water partition coefficient (Wildman–Crippen LogP) is 2.11. The van der Waals surface area contributed by atoms with Crippen molar-refractivity contribution in [2.24, 2.45) is 0 Å². The summed E-state index contributed by atoms with van der Waals surface area (Å²) in [4.78, 5) is 15.4. The molecule has 2 aromatic heterocycles. The quantitative estimate of drug-likeness (QED) is 0.739. The Morgan fingerprint density at radius 1 is 1.25 bits per heavy atom. The largest absolute Gasteiger partial charge is 0.358 e. The van der Waals surface area contributed by atoms with Crippen LogP contribution in [0.5, 0.6) is 0 Å². The predicted molar refractivity (Wildman–Crippen MR) is 92.7 cm³/mol. The number of aromatic nitrogens is 3. The Kier molecular flexibility index (Phi) is 4.15. The fourth-order valence-electron chi connectivity index (χ4n) is 2.43. The van der Waals surface area contributed by atoms with Crippen molar-refractivity contribution in [3.05, 3.63) is 52.6 Å². The number of benzene rings is 1. The highest BCUT2D eigenvalue weighted by Crippen LogP contribution is 2.19. The van der Waals surface area contributed by atoms with E-state index in [0.29, 0.717) is 23.1 Å². The molecule has 2 heterocycles. The average molecular weight is 346 g/mol. The molecule has 126 valence electrons. The Labute approximate surface area is 139 Å². The lowest BCUT2D eigenvalue weighted by Crippen LogP contribution is -2.13. The minimum absolute atomic E-state index is 0.0830. The first-order valence-corrected chi connectivity index (χ1v) is 9.12. The van der Waals surface area contributed by atoms with Crippen LogP contribution in [0.1, 0.15) is 19.5 Å². The summed E-state index contributed by atoms with van der Waals surface area (Å²) in [5.41, 5.74) is 1.72. The van der Waals surface area contributed by atoms with Crippen molar-refractivity contribution in [3.63, 3.8) is 0 Å². The lowest BCUT2D eigenvalue weighted by molar-refractivity contribution is 0.600. The van der Waals surface area contributed by atoms with Gasteiger partial charge >= 0.3 is 0 Å². The molecule has 0 saturated carbocycles. The second kappa shape index (κ2) is 6.12. The van der Waals surface area contributed by atoms with E-state index >= 15 is 0 Å². The van der Waals surface area contributed by atoms with Crippen molar-refractivity contribution in [1.29, 1.82) is 0 Å². The number of H-pyrrole nitrogens is 1. The maximum Gasteiger partial charge on any atom is 0.265 e. The summed E-state index contributed by atoms with van der Waals surface area (Å²) in [5, 5.41) is 4.41. The highest BCUT2D eigenvalue weighted by Gasteiger charge is 2.17. The number of rotatable bonds is 5. The summed E-state index contributed by atoms with van der Waals surface area (Å²) in [7, 11) is -3.74. The molecule has 0 unspecified atom stereocenters. The molecule has 3 rings (SSSR count). The number of nitrogens with one attached hydrogen (secondary N) is 2. The Hall–Kier alpha value is -2.61. The van der Waals surface area contributed by atoms with Crippen LogP contribution in [0.15, 0.2) is 46.3 Å². The van der Waals surface area contributed by atoms with Gasteiger partial charge < -0.3 is 4.98 Å². The first-order valence-electron chi connectivity index (χ1n) is 7.64. The molecular weight excluding hydrogens is 328 g/mol. The maximum atomic E-state index is 12.4. The third-order valence-electron chi connectivity index (χ3n) is 3.76. The number of anilines is 1. The standard InChI is InChI=1S/C16H18N4O3S/c1-3-11-8-16(21)14-7-12(5-6-15(14)18-11)19-24(22,23)13-9-17-20(4-2)10-13/h5-10,19H,3-4H2,1-2H3,(H,18,21). The molecule has 2 N–H and O–H groups in total. The van der Waals surface area contributed by atoms with Crippen molar-refractivity contribution in [3.8, 4) is 0 Å². The highest BCUT2D eigenvalue weighted by molar-refractivity contribution is 7.92. The van der Waals surface area contributed by atoms with Crippen LogP contribution in [-0.2, 0) is 23.0 Å². The number of hydrogen-bond acceptors (Lipinski definition) is 4. The van der Waals surface area contributed by atoms with E-state index in [1.807, 2.05) is 13.8 Å². The average Bonchev–Trinajstić information content (AvgIpc) is 3.05. The van der Waals surface area contributed by atoms with Gasteiger partial charge in [-0.25, -0.2) is 8.42 Å². The first kappa shape index (κ1) is 16.3. The molecule has 3 aromatic rings. The molecule has 0 aliphatic rings. The Morgan fingerprint density at radius 2 is 2.04 bits per heavy atom. The van der Waals surface area contributed by atoms with E-state index < -0.39 is 10.0 Å². The van der Waals surface area contributed by atoms with Crippen LogP contribution in [0.4, 0.5) is 5.69 Å². The SMILES string of the molecule is CCc1cc(=O)c2cc(NS(=O)(=O)c3cnn(CC)c3)ccc2[nH]1. The Morgan fingerprint density at radius 3 is 2.71 bits per heavy atom. The lowest BCUT2D eigenvalue weighted by atomic mass is 10.1. The number of nitrogens with zero attached hydrogens (tertiary/aromatic N) is 2. The smallest absolute Gasteiger partial charge is 0.265 e. The van der Waals surface area contributed by atoms with Gasteiger partial charge in [-0.15, -0.1) is 0 Å². The summed E-state index contributed by atoms with van der Waals surface area (Å²) in [6.45, 7) is 4.41. The molecule has 1 aromatic carbocycles. The van der Waals surface area contributed by atoms with Crippen LogP contribution < -0.4 is 10.2 Å². The molecule has 0 fully saturated rings. The first-order chi connectivity index (χ1) is 11.4. The molecule has 0 atom stereocenters. The summed E-state index contributed by atoms with van der Waals surface area (Å²) in [5.74, 6) is 0. The summed E-state index contributed by atoms with van der Waals surface area (Å²) in [6, 6.07) is 6.39. The van der Waals surface area contributed by atoms with Gasteiger partial charge in [-0.3, -0.25) is 14.2 Å². The molecule has 0 aliphatic carbocycles. The summed E-state index contributed by atoms with van der Waals surface area (Å²) >= 11 is 0. The van der Waals surface area contributed by atoms with Crippen LogP contribution in [0.3, 0.4) is 0 Å². The Balaban J connectivity index is 1.98. The van der Waals surface area contributed by atoms with E-state index in [1.54, 1.807) is 12.1 Å². The molecule has 0 saturated heterocycles. The number of hydrogen-bond donors (Lipinski definition) is 2. The van der Waals surface area contributed by atoms with Crippen molar-refractivity contribution >= 4 is 26.6 Å². The number of aromatic amines is 1. The minimum Gasteiger partial charge on any atom is -0.358 e. The zero-order chi connectivity index (χ0) is 17.3. The highest BCUT2D eigenvalue weighted by atomic mass is 32.2. The molecule has 7 nitrogen and oxygen atoms in total. The summed E-state index contributed by atoms with van der Waals surface area (Å²) < 4.78 is 28.8. The van der Waals surface area contributed by atoms with Crippen LogP contribution in [-0.4, -0.2) is 23.2 Å². The molecule has 8 heteroatoms. The number of fused-ring (bicyclic) bond motifs is 1. The molecule has 0 spiro atoms. The maximum absolute atomic E-state index is 12.4. The van der Waals surface area contributed by atoms with Crippen LogP contribution in [0.25, 0.3) is 10.9 Å². The topological polar surface area (TPSA) is 96.8 Å². The molecule has 24 heavy (non-hydrogen) atoms. The van der Waals surface area contributed by atoms with E-state index in [9.17, 15) is 13.2 Å². The Bertz CT molecular complexity index is 1050. The fraction of sp³-hybridized carbons (Fsp3) is 0.250. The lowest BCUT2D eigenvalue weighted by Gasteiger charge is -2.08. The molecule has 0 bridgehead atoms. The molecule has 0 amide bonds. The van der Waals surface area contributed by atoms with E-state index in [4.69, 9.17) is 0 Å². The molecular formula is C16H18N4O3S. The fourth-order valence-corrected chi connectivity index (χ4v) is 3.43. The van der Waals surface area contributed by atoms with Crippen molar-refractivity contribution < 1.29 is 8.42 Å². The van der Waals surface area contributed by atoms with Crippen LogP contribution in [0.2, 0.25) is 0 Å². The van der Waals surface area contributed by atoms with Gasteiger partial charge in [0.05, 0.1) is 6.20 Å². The number of pyridine rings is 1. The third-order valence-corrected chi connectivity index (χ3v) is 5.10. The van der Waals surface area contributed by atoms with Crippen molar-refractivity contribution in [1.82, 2.24) is 14.8 Å². The zero-order valence-electron chi connectivity index (χ0n) is 13.4. The van der Waals surface area contributed by atoms with Gasteiger partial charge in [-0.05, 0) is 31.5 Å². The number of sulfonamides is 1. The van der Waals surface area contributed by atoms with E-state index in [0.717, 1.165) is 12.1 Å². The van der Waals surface area contributed by atoms with Crippen LogP contribution >= 0.6 is 0 Å². The zero-order valence-corrected chi connectivity index (χ0v) is 14.2. The van der Waals surface area contributed by atoms with Crippen LogP contribution in [0, 0.1) is 0 Å². The molecule has 0 radical (unpaired) electrons. The van der Waals surface area contributed by atoms with Gasteiger partial charge in [0, 0.05) is 41.1 Å². The van der Waals surface area contributed by atoms with Crippen molar-refractivity contribution in [2.45, 2.75) is 31.7 Å². The van der Waals surface area contributed by atoms with Gasteiger partial charge in [0.1, 0.15) is 4.90 Å². The van der Waals surface area contributed by atoms with Gasteiger partial charge in [0.2, 0.25) is 0 Å².